The first-order valence-electron chi connectivity index (χ1n) is 7.15. The standard InChI is InChI=1S/C15H18N2O4/c18-14-9-17(7-1-6-16-14)15(19)5-3-11-2-4-12-13(8-11)21-10-20-12/h2,4,8H,1,3,5-7,9-10H2,(H,16,18). The van der Waals surface area contributed by atoms with E-state index in [1.807, 2.05) is 18.2 Å². The zero-order valence-electron chi connectivity index (χ0n) is 11.8. The fourth-order valence-corrected chi connectivity index (χ4v) is 2.52. The first-order chi connectivity index (χ1) is 10.2. The molecular formula is C15H18N2O4. The summed E-state index contributed by atoms with van der Waals surface area (Å²) in [6, 6.07) is 5.71. The summed E-state index contributed by atoms with van der Waals surface area (Å²) >= 11 is 0. The number of rotatable bonds is 3. The molecule has 1 N–H and O–H groups in total. The van der Waals surface area contributed by atoms with Crippen molar-refractivity contribution in [2.75, 3.05) is 26.4 Å². The molecular weight excluding hydrogens is 272 g/mol. The predicted molar refractivity (Wildman–Crippen MR) is 75.1 cm³/mol. The molecule has 0 radical (unpaired) electrons. The molecule has 0 saturated carbocycles. The van der Waals surface area contributed by atoms with Gasteiger partial charge in [0.15, 0.2) is 11.5 Å². The van der Waals surface area contributed by atoms with E-state index in [-0.39, 0.29) is 25.2 Å². The van der Waals surface area contributed by atoms with Gasteiger partial charge in [-0.2, -0.15) is 0 Å². The lowest BCUT2D eigenvalue weighted by Crippen LogP contribution is -2.37. The zero-order valence-corrected chi connectivity index (χ0v) is 11.8. The Bertz CT molecular complexity index is 559. The van der Waals surface area contributed by atoms with Gasteiger partial charge in [-0.05, 0) is 30.5 Å². The predicted octanol–water partition coefficient (Wildman–Crippen LogP) is 0.696. The summed E-state index contributed by atoms with van der Waals surface area (Å²) in [5, 5.41) is 2.77. The van der Waals surface area contributed by atoms with Crippen molar-refractivity contribution >= 4 is 11.8 Å². The van der Waals surface area contributed by atoms with Crippen molar-refractivity contribution in [3.05, 3.63) is 23.8 Å². The van der Waals surface area contributed by atoms with Crippen LogP contribution in [0, 0.1) is 0 Å². The van der Waals surface area contributed by atoms with Crippen LogP contribution in [0.5, 0.6) is 11.5 Å². The molecule has 1 fully saturated rings. The third kappa shape index (κ3) is 3.26. The van der Waals surface area contributed by atoms with E-state index in [0.717, 1.165) is 23.5 Å². The molecule has 0 aromatic heterocycles. The minimum absolute atomic E-state index is 0.0183. The Hall–Kier alpha value is -2.24. The van der Waals surface area contributed by atoms with E-state index >= 15 is 0 Å². The molecule has 2 aliphatic heterocycles. The smallest absolute Gasteiger partial charge is 0.239 e. The van der Waals surface area contributed by atoms with Crippen molar-refractivity contribution in [2.24, 2.45) is 0 Å². The zero-order chi connectivity index (χ0) is 14.7. The van der Waals surface area contributed by atoms with Crippen LogP contribution < -0.4 is 14.8 Å². The molecule has 3 rings (SSSR count). The molecule has 0 aliphatic carbocycles. The topological polar surface area (TPSA) is 67.9 Å². The summed E-state index contributed by atoms with van der Waals surface area (Å²) in [6.45, 7) is 1.70. The monoisotopic (exact) mass is 290 g/mol. The Morgan fingerprint density at radius 3 is 3.05 bits per heavy atom. The maximum absolute atomic E-state index is 12.2. The Labute approximate surface area is 123 Å². The van der Waals surface area contributed by atoms with E-state index in [9.17, 15) is 9.59 Å². The van der Waals surface area contributed by atoms with Crippen LogP contribution in [0.2, 0.25) is 0 Å². The summed E-state index contributed by atoms with van der Waals surface area (Å²) in [5.41, 5.74) is 1.03. The second kappa shape index (κ2) is 6.03. The minimum atomic E-state index is -0.0797. The second-order valence-electron chi connectivity index (χ2n) is 5.21. The summed E-state index contributed by atoms with van der Waals surface area (Å²) in [5.74, 6) is 1.41. The average Bonchev–Trinajstić information content (AvgIpc) is 2.84. The lowest BCUT2D eigenvalue weighted by atomic mass is 10.1. The number of carbonyl (C=O) groups excluding carboxylic acids is 2. The van der Waals surface area contributed by atoms with E-state index in [4.69, 9.17) is 9.47 Å². The SMILES string of the molecule is O=C1CN(C(=O)CCc2ccc3c(c2)OCO3)CCCN1. The Morgan fingerprint density at radius 1 is 1.29 bits per heavy atom. The molecule has 1 aromatic rings. The molecule has 1 saturated heterocycles. The number of hydrogen-bond acceptors (Lipinski definition) is 4. The molecule has 0 atom stereocenters. The molecule has 112 valence electrons. The third-order valence-corrected chi connectivity index (χ3v) is 3.68. The quantitative estimate of drug-likeness (QED) is 0.889. The van der Waals surface area contributed by atoms with Crippen LogP contribution in [-0.2, 0) is 16.0 Å². The van der Waals surface area contributed by atoms with E-state index < -0.39 is 0 Å². The summed E-state index contributed by atoms with van der Waals surface area (Å²) in [7, 11) is 0. The van der Waals surface area contributed by atoms with E-state index in [0.29, 0.717) is 25.9 Å². The van der Waals surface area contributed by atoms with Crippen LogP contribution in [0.15, 0.2) is 18.2 Å². The first kappa shape index (κ1) is 13.7. The third-order valence-electron chi connectivity index (χ3n) is 3.68. The normalized spacial score (nSPS) is 17.3. The van der Waals surface area contributed by atoms with Crippen molar-refractivity contribution in [1.82, 2.24) is 10.2 Å². The van der Waals surface area contributed by atoms with Crippen LogP contribution in [0.3, 0.4) is 0 Å². The van der Waals surface area contributed by atoms with Gasteiger partial charge in [0.2, 0.25) is 18.6 Å². The second-order valence-corrected chi connectivity index (χ2v) is 5.21. The Morgan fingerprint density at radius 2 is 2.14 bits per heavy atom. The van der Waals surface area contributed by atoms with Crippen molar-refractivity contribution in [2.45, 2.75) is 19.3 Å². The number of nitrogens with zero attached hydrogens (tertiary/aromatic N) is 1. The van der Waals surface area contributed by atoms with Gasteiger partial charge >= 0.3 is 0 Å². The lowest BCUT2D eigenvalue weighted by molar-refractivity contribution is -0.135. The number of carbonyl (C=O) groups is 2. The van der Waals surface area contributed by atoms with Gasteiger partial charge < -0.3 is 19.7 Å². The van der Waals surface area contributed by atoms with Crippen molar-refractivity contribution < 1.29 is 19.1 Å². The highest BCUT2D eigenvalue weighted by molar-refractivity contribution is 5.85. The molecule has 0 unspecified atom stereocenters. The van der Waals surface area contributed by atoms with Crippen LogP contribution >= 0.6 is 0 Å². The fourth-order valence-electron chi connectivity index (χ4n) is 2.52. The number of amides is 2. The highest BCUT2D eigenvalue weighted by Gasteiger charge is 2.20. The summed E-state index contributed by atoms with van der Waals surface area (Å²) in [4.78, 5) is 25.3. The van der Waals surface area contributed by atoms with Crippen LogP contribution in [0.1, 0.15) is 18.4 Å². The van der Waals surface area contributed by atoms with Gasteiger partial charge in [-0.3, -0.25) is 9.59 Å². The number of nitrogens with one attached hydrogen (secondary N) is 1. The number of benzene rings is 1. The van der Waals surface area contributed by atoms with Gasteiger partial charge in [-0.15, -0.1) is 0 Å². The summed E-state index contributed by atoms with van der Waals surface area (Å²) in [6.07, 6.45) is 1.84. The van der Waals surface area contributed by atoms with Crippen molar-refractivity contribution in [3.8, 4) is 11.5 Å². The van der Waals surface area contributed by atoms with Gasteiger partial charge in [0.05, 0.1) is 6.54 Å². The fraction of sp³-hybridized carbons (Fsp3) is 0.467. The largest absolute Gasteiger partial charge is 0.454 e. The minimum Gasteiger partial charge on any atom is -0.454 e. The molecule has 0 spiro atoms. The van der Waals surface area contributed by atoms with E-state index in [1.165, 1.54) is 0 Å². The molecule has 21 heavy (non-hydrogen) atoms. The van der Waals surface area contributed by atoms with E-state index in [2.05, 4.69) is 5.32 Å². The highest BCUT2D eigenvalue weighted by Crippen LogP contribution is 2.32. The number of hydrogen-bond donors (Lipinski definition) is 1. The lowest BCUT2D eigenvalue weighted by Gasteiger charge is -2.18. The average molecular weight is 290 g/mol. The maximum Gasteiger partial charge on any atom is 0.239 e. The van der Waals surface area contributed by atoms with E-state index in [1.54, 1.807) is 4.90 Å². The van der Waals surface area contributed by atoms with Crippen molar-refractivity contribution in [1.29, 1.82) is 0 Å². The van der Waals surface area contributed by atoms with Crippen LogP contribution in [0.4, 0.5) is 0 Å². The molecule has 2 heterocycles. The number of aryl methyl sites for hydroxylation is 1. The number of fused-ring (bicyclic) bond motifs is 1. The molecule has 6 nitrogen and oxygen atoms in total. The molecule has 2 aliphatic rings. The van der Waals surface area contributed by atoms with Gasteiger partial charge in [-0.1, -0.05) is 6.07 Å². The van der Waals surface area contributed by atoms with Gasteiger partial charge in [-0.25, -0.2) is 0 Å². The molecule has 6 heteroatoms. The summed E-state index contributed by atoms with van der Waals surface area (Å²) < 4.78 is 10.6. The van der Waals surface area contributed by atoms with Gasteiger partial charge in [0, 0.05) is 19.5 Å². The molecule has 1 aromatic carbocycles. The van der Waals surface area contributed by atoms with Crippen LogP contribution in [0.25, 0.3) is 0 Å². The maximum atomic E-state index is 12.2. The number of ether oxygens (including phenoxy) is 2. The highest BCUT2D eigenvalue weighted by atomic mass is 16.7. The Balaban J connectivity index is 1.56. The Kier molecular flexibility index (Phi) is 3.94. The van der Waals surface area contributed by atoms with Gasteiger partial charge in [0.25, 0.3) is 0 Å². The van der Waals surface area contributed by atoms with Crippen molar-refractivity contribution in [3.63, 3.8) is 0 Å². The van der Waals surface area contributed by atoms with Crippen LogP contribution in [-0.4, -0.2) is 43.1 Å². The molecule has 2 amide bonds. The molecule has 0 bridgehead atoms. The first-order valence-corrected chi connectivity index (χ1v) is 7.15. The van der Waals surface area contributed by atoms with Gasteiger partial charge in [0.1, 0.15) is 0 Å².